The van der Waals surface area contributed by atoms with Crippen LogP contribution in [0.15, 0.2) is 0 Å². The number of nitrogens with zero attached hydrogens (tertiary/aromatic N) is 1. The second-order valence-corrected chi connectivity index (χ2v) is 4.38. The molecular formula is C10H17NO2. The summed E-state index contributed by atoms with van der Waals surface area (Å²) in [6.07, 6.45) is 3.90. The van der Waals surface area contributed by atoms with Gasteiger partial charge in [-0.2, -0.15) is 0 Å². The number of aliphatic hydroxyl groups is 1. The minimum atomic E-state index is -0.439. The molecule has 0 atom stereocenters. The Labute approximate surface area is 78.7 Å². The molecule has 0 bridgehead atoms. The minimum absolute atomic E-state index is 0.137. The fraction of sp³-hybridized carbons (Fsp3) is 0.900. The van der Waals surface area contributed by atoms with Gasteiger partial charge in [-0.05, 0) is 31.6 Å². The van der Waals surface area contributed by atoms with Crippen LogP contribution < -0.4 is 0 Å². The molecule has 2 aliphatic rings. The zero-order valence-corrected chi connectivity index (χ0v) is 8.12. The van der Waals surface area contributed by atoms with Gasteiger partial charge in [-0.1, -0.05) is 0 Å². The highest BCUT2D eigenvalue weighted by Crippen LogP contribution is 2.44. The molecule has 74 valence electrons. The summed E-state index contributed by atoms with van der Waals surface area (Å²) in [5, 5.41) is 10.2. The Hall–Kier alpha value is -0.570. The van der Waals surface area contributed by atoms with Crippen LogP contribution in [0.3, 0.4) is 0 Å². The first-order valence-corrected chi connectivity index (χ1v) is 5.10. The summed E-state index contributed by atoms with van der Waals surface area (Å²) >= 11 is 0. The Kier molecular flexibility index (Phi) is 2.06. The van der Waals surface area contributed by atoms with Crippen LogP contribution in [0.1, 0.15) is 32.6 Å². The number of rotatable bonds is 1. The molecule has 1 saturated heterocycles. The fourth-order valence-corrected chi connectivity index (χ4v) is 2.24. The summed E-state index contributed by atoms with van der Waals surface area (Å²) < 4.78 is 0. The van der Waals surface area contributed by atoms with Crippen molar-refractivity contribution in [3.8, 4) is 0 Å². The first kappa shape index (κ1) is 9.00. The Bertz CT molecular complexity index is 215. The highest BCUT2D eigenvalue weighted by molar-refractivity contribution is 5.73. The molecule has 0 spiro atoms. The smallest absolute Gasteiger partial charge is 0.219 e. The molecule has 2 fully saturated rings. The summed E-state index contributed by atoms with van der Waals surface area (Å²) in [4.78, 5) is 12.9. The average Bonchev–Trinajstić information content (AvgIpc) is 2.87. The zero-order valence-electron chi connectivity index (χ0n) is 8.12. The van der Waals surface area contributed by atoms with Gasteiger partial charge in [0, 0.05) is 20.0 Å². The fourth-order valence-electron chi connectivity index (χ4n) is 2.24. The van der Waals surface area contributed by atoms with E-state index in [2.05, 4.69) is 0 Å². The Morgan fingerprint density at radius 3 is 2.31 bits per heavy atom. The van der Waals surface area contributed by atoms with E-state index in [4.69, 9.17) is 0 Å². The second kappa shape index (κ2) is 2.98. The van der Waals surface area contributed by atoms with Crippen LogP contribution in [0, 0.1) is 5.92 Å². The monoisotopic (exact) mass is 183 g/mol. The van der Waals surface area contributed by atoms with Crippen LogP contribution in [0.25, 0.3) is 0 Å². The molecule has 3 heteroatoms. The van der Waals surface area contributed by atoms with Gasteiger partial charge in [-0.25, -0.2) is 0 Å². The lowest BCUT2D eigenvalue weighted by molar-refractivity contribution is -0.133. The Balaban J connectivity index is 1.91. The quantitative estimate of drug-likeness (QED) is 0.652. The molecule has 13 heavy (non-hydrogen) atoms. The molecule has 1 amide bonds. The highest BCUT2D eigenvalue weighted by atomic mass is 16.3. The molecule has 0 aromatic heterocycles. The van der Waals surface area contributed by atoms with Gasteiger partial charge in [-0.3, -0.25) is 4.79 Å². The summed E-state index contributed by atoms with van der Waals surface area (Å²) in [7, 11) is 0. The lowest BCUT2D eigenvalue weighted by Gasteiger charge is -2.38. The van der Waals surface area contributed by atoms with Crippen molar-refractivity contribution in [3.63, 3.8) is 0 Å². The molecule has 3 nitrogen and oxygen atoms in total. The van der Waals surface area contributed by atoms with Gasteiger partial charge < -0.3 is 10.0 Å². The standard InChI is InChI=1S/C10H17NO2/c1-8(12)11-6-4-10(13,5-7-11)9-2-3-9/h9,13H,2-7H2,1H3. The average molecular weight is 183 g/mol. The molecule has 1 heterocycles. The van der Waals surface area contributed by atoms with Gasteiger partial charge in [0.1, 0.15) is 0 Å². The van der Waals surface area contributed by atoms with Crippen LogP contribution in [-0.2, 0) is 4.79 Å². The van der Waals surface area contributed by atoms with Crippen LogP contribution in [0.5, 0.6) is 0 Å². The summed E-state index contributed by atoms with van der Waals surface area (Å²) in [6.45, 7) is 3.08. The van der Waals surface area contributed by atoms with E-state index in [-0.39, 0.29) is 5.91 Å². The van der Waals surface area contributed by atoms with Crippen LogP contribution in [0.4, 0.5) is 0 Å². The van der Waals surface area contributed by atoms with Gasteiger partial charge in [0.15, 0.2) is 0 Å². The van der Waals surface area contributed by atoms with E-state index in [1.807, 2.05) is 4.90 Å². The van der Waals surface area contributed by atoms with E-state index < -0.39 is 5.60 Å². The molecule has 0 aromatic rings. The third-order valence-corrected chi connectivity index (χ3v) is 3.41. The minimum Gasteiger partial charge on any atom is -0.389 e. The van der Waals surface area contributed by atoms with Gasteiger partial charge >= 0.3 is 0 Å². The Morgan fingerprint density at radius 2 is 1.92 bits per heavy atom. The Morgan fingerprint density at radius 1 is 1.38 bits per heavy atom. The normalized spacial score (nSPS) is 27.4. The number of hydrogen-bond donors (Lipinski definition) is 1. The zero-order chi connectivity index (χ0) is 9.47. The van der Waals surface area contributed by atoms with Gasteiger partial charge in [0.25, 0.3) is 0 Å². The maximum Gasteiger partial charge on any atom is 0.219 e. The number of piperidine rings is 1. The van der Waals surface area contributed by atoms with Crippen molar-refractivity contribution in [1.29, 1.82) is 0 Å². The van der Waals surface area contributed by atoms with E-state index in [9.17, 15) is 9.90 Å². The van der Waals surface area contributed by atoms with Gasteiger partial charge in [0.05, 0.1) is 5.60 Å². The third kappa shape index (κ3) is 1.70. The van der Waals surface area contributed by atoms with Crippen molar-refractivity contribution < 1.29 is 9.90 Å². The molecule has 0 aromatic carbocycles. The van der Waals surface area contributed by atoms with E-state index >= 15 is 0 Å². The van der Waals surface area contributed by atoms with E-state index in [1.165, 1.54) is 12.8 Å². The third-order valence-electron chi connectivity index (χ3n) is 3.41. The first-order chi connectivity index (χ1) is 6.12. The molecular weight excluding hydrogens is 166 g/mol. The molecule has 1 N–H and O–H groups in total. The summed E-state index contributed by atoms with van der Waals surface area (Å²) in [5.41, 5.74) is -0.439. The van der Waals surface area contributed by atoms with Gasteiger partial charge in [-0.15, -0.1) is 0 Å². The van der Waals surface area contributed by atoms with E-state index in [1.54, 1.807) is 6.92 Å². The topological polar surface area (TPSA) is 40.5 Å². The van der Waals surface area contributed by atoms with Crippen molar-refractivity contribution in [2.24, 2.45) is 5.92 Å². The van der Waals surface area contributed by atoms with Crippen molar-refractivity contribution in [1.82, 2.24) is 4.90 Å². The number of hydrogen-bond acceptors (Lipinski definition) is 2. The van der Waals surface area contributed by atoms with Crippen LogP contribution in [0.2, 0.25) is 0 Å². The largest absolute Gasteiger partial charge is 0.389 e. The van der Waals surface area contributed by atoms with E-state index in [0.717, 1.165) is 25.9 Å². The lowest BCUT2D eigenvalue weighted by atomic mass is 9.87. The summed E-state index contributed by atoms with van der Waals surface area (Å²) in [5.74, 6) is 0.666. The van der Waals surface area contributed by atoms with Crippen molar-refractivity contribution in [3.05, 3.63) is 0 Å². The number of amides is 1. The summed E-state index contributed by atoms with van der Waals surface area (Å²) in [6, 6.07) is 0. The molecule has 0 unspecified atom stereocenters. The predicted octanol–water partition coefficient (Wildman–Crippen LogP) is 0.770. The van der Waals surface area contributed by atoms with E-state index in [0.29, 0.717) is 5.92 Å². The molecule has 1 aliphatic carbocycles. The van der Waals surface area contributed by atoms with Crippen molar-refractivity contribution in [2.45, 2.75) is 38.2 Å². The predicted molar refractivity (Wildman–Crippen MR) is 49.2 cm³/mol. The maximum absolute atomic E-state index is 11.0. The van der Waals surface area contributed by atoms with Crippen LogP contribution >= 0.6 is 0 Å². The van der Waals surface area contributed by atoms with Crippen LogP contribution in [-0.4, -0.2) is 34.6 Å². The molecule has 1 aliphatic heterocycles. The van der Waals surface area contributed by atoms with Crippen molar-refractivity contribution >= 4 is 5.91 Å². The maximum atomic E-state index is 11.0. The number of carbonyl (C=O) groups excluding carboxylic acids is 1. The SMILES string of the molecule is CC(=O)N1CCC(O)(C2CC2)CC1. The van der Waals surface area contributed by atoms with Crippen molar-refractivity contribution in [2.75, 3.05) is 13.1 Å². The highest BCUT2D eigenvalue weighted by Gasteiger charge is 2.45. The lowest BCUT2D eigenvalue weighted by Crippen LogP contribution is -2.47. The first-order valence-electron chi connectivity index (χ1n) is 5.10. The second-order valence-electron chi connectivity index (χ2n) is 4.38. The molecule has 2 rings (SSSR count). The molecule has 0 radical (unpaired) electrons. The molecule has 1 saturated carbocycles. The number of carbonyl (C=O) groups is 1. The van der Waals surface area contributed by atoms with Gasteiger partial charge in [0.2, 0.25) is 5.91 Å². The number of likely N-dealkylation sites (tertiary alicyclic amines) is 1.